The fraction of sp³-hybridized carbons (Fsp3) is 0.182. The predicted molar refractivity (Wildman–Crippen MR) is 48.2 cm³/mol. The van der Waals surface area contributed by atoms with Crippen LogP contribution in [0.4, 0.5) is 0 Å². The molecule has 0 fully saturated rings. The van der Waals surface area contributed by atoms with E-state index in [0.717, 1.165) is 17.5 Å². The minimum absolute atomic E-state index is 0.0161. The van der Waals surface area contributed by atoms with Crippen molar-refractivity contribution in [3.63, 3.8) is 0 Å². The number of benzene rings is 1. The van der Waals surface area contributed by atoms with E-state index in [1.54, 1.807) is 6.08 Å². The van der Waals surface area contributed by atoms with Crippen molar-refractivity contribution in [2.45, 2.75) is 6.42 Å². The first-order valence-corrected chi connectivity index (χ1v) is 4.07. The van der Waals surface area contributed by atoms with Crippen LogP contribution in [0.15, 0.2) is 36.9 Å². The van der Waals surface area contributed by atoms with Crippen LogP contribution in [-0.4, -0.2) is 5.78 Å². The predicted octanol–water partition coefficient (Wildman–Crippen LogP) is 2.23. The van der Waals surface area contributed by atoms with Crippen molar-refractivity contribution in [3.05, 3.63) is 48.0 Å². The molecule has 1 heteroatoms. The Labute approximate surface area is 71.7 Å². The molecule has 1 aromatic rings. The highest BCUT2D eigenvalue weighted by Crippen LogP contribution is 2.26. The Morgan fingerprint density at radius 3 is 2.83 bits per heavy atom. The molecule has 2 rings (SSSR count). The first kappa shape index (κ1) is 7.29. The molecule has 1 aliphatic carbocycles. The number of carbonyl (C=O) groups is 1. The standard InChI is InChI=1S/C11H10O/c1-2-8-7-9-5-3-4-6-10(9)11(8)12/h2-6,8H,1,7H2. The summed E-state index contributed by atoms with van der Waals surface area (Å²) in [5, 5.41) is 0. The van der Waals surface area contributed by atoms with Crippen LogP contribution < -0.4 is 0 Å². The molecular weight excluding hydrogens is 148 g/mol. The summed E-state index contributed by atoms with van der Waals surface area (Å²) in [7, 11) is 0. The minimum Gasteiger partial charge on any atom is -0.293 e. The lowest BCUT2D eigenvalue weighted by Gasteiger charge is -1.95. The van der Waals surface area contributed by atoms with E-state index in [2.05, 4.69) is 6.58 Å². The van der Waals surface area contributed by atoms with Gasteiger partial charge in [-0.15, -0.1) is 6.58 Å². The van der Waals surface area contributed by atoms with Crippen LogP contribution >= 0.6 is 0 Å². The molecular formula is C11H10O. The van der Waals surface area contributed by atoms with E-state index in [4.69, 9.17) is 0 Å². The van der Waals surface area contributed by atoms with Crippen LogP contribution in [0.25, 0.3) is 0 Å². The van der Waals surface area contributed by atoms with Gasteiger partial charge in [0.2, 0.25) is 0 Å². The lowest BCUT2D eigenvalue weighted by molar-refractivity contribution is 0.0960. The zero-order valence-corrected chi connectivity index (χ0v) is 6.79. The van der Waals surface area contributed by atoms with Gasteiger partial charge in [-0.3, -0.25) is 4.79 Å². The molecule has 0 aromatic heterocycles. The van der Waals surface area contributed by atoms with Crippen molar-refractivity contribution in [1.29, 1.82) is 0 Å². The van der Waals surface area contributed by atoms with E-state index in [1.807, 2.05) is 24.3 Å². The molecule has 1 unspecified atom stereocenters. The minimum atomic E-state index is 0.0161. The summed E-state index contributed by atoms with van der Waals surface area (Å²) in [5.74, 6) is 0.239. The van der Waals surface area contributed by atoms with E-state index in [9.17, 15) is 4.79 Å². The average molecular weight is 158 g/mol. The summed E-state index contributed by atoms with van der Waals surface area (Å²) >= 11 is 0. The van der Waals surface area contributed by atoms with Gasteiger partial charge in [0.05, 0.1) is 0 Å². The number of hydrogen-bond donors (Lipinski definition) is 0. The molecule has 1 atom stereocenters. The van der Waals surface area contributed by atoms with Gasteiger partial charge in [0.1, 0.15) is 0 Å². The van der Waals surface area contributed by atoms with Gasteiger partial charge in [0, 0.05) is 11.5 Å². The highest BCUT2D eigenvalue weighted by Gasteiger charge is 2.26. The topological polar surface area (TPSA) is 17.1 Å². The van der Waals surface area contributed by atoms with Gasteiger partial charge in [0.25, 0.3) is 0 Å². The SMILES string of the molecule is C=CC1Cc2ccccc2C1=O. The average Bonchev–Trinajstić information content (AvgIpc) is 2.44. The highest BCUT2D eigenvalue weighted by atomic mass is 16.1. The Balaban J connectivity index is 2.49. The van der Waals surface area contributed by atoms with Crippen molar-refractivity contribution in [2.24, 2.45) is 5.92 Å². The number of allylic oxidation sites excluding steroid dienone is 1. The van der Waals surface area contributed by atoms with E-state index < -0.39 is 0 Å². The number of fused-ring (bicyclic) bond motifs is 1. The second-order valence-corrected chi connectivity index (χ2v) is 3.07. The summed E-state index contributed by atoms with van der Waals surface area (Å²) in [4.78, 5) is 11.6. The van der Waals surface area contributed by atoms with Crippen molar-refractivity contribution < 1.29 is 4.79 Å². The first-order chi connectivity index (χ1) is 5.83. The van der Waals surface area contributed by atoms with Crippen LogP contribution in [0.5, 0.6) is 0 Å². The lowest BCUT2D eigenvalue weighted by Crippen LogP contribution is -2.04. The van der Waals surface area contributed by atoms with Crippen LogP contribution in [0.2, 0.25) is 0 Å². The van der Waals surface area contributed by atoms with E-state index in [0.29, 0.717) is 0 Å². The maximum absolute atomic E-state index is 11.6. The van der Waals surface area contributed by atoms with Gasteiger partial charge in [-0.05, 0) is 12.0 Å². The summed E-state index contributed by atoms with van der Waals surface area (Å²) < 4.78 is 0. The summed E-state index contributed by atoms with van der Waals surface area (Å²) in [6.07, 6.45) is 2.57. The highest BCUT2D eigenvalue weighted by molar-refractivity contribution is 6.03. The number of carbonyl (C=O) groups excluding carboxylic acids is 1. The van der Waals surface area contributed by atoms with Crippen LogP contribution in [0, 0.1) is 5.92 Å². The molecule has 0 N–H and O–H groups in total. The number of Topliss-reactive ketones (excluding diaryl/α,β-unsaturated/α-hetero) is 1. The quantitative estimate of drug-likeness (QED) is 0.573. The monoisotopic (exact) mass is 158 g/mol. The van der Waals surface area contributed by atoms with Crippen molar-refractivity contribution >= 4 is 5.78 Å². The summed E-state index contributed by atoms with van der Waals surface area (Å²) in [5.41, 5.74) is 2.04. The van der Waals surface area contributed by atoms with E-state index in [-0.39, 0.29) is 11.7 Å². The second-order valence-electron chi connectivity index (χ2n) is 3.07. The maximum Gasteiger partial charge on any atom is 0.170 e. The normalized spacial score (nSPS) is 20.7. The Morgan fingerprint density at radius 1 is 1.42 bits per heavy atom. The zero-order valence-electron chi connectivity index (χ0n) is 6.79. The summed E-state index contributed by atoms with van der Waals surface area (Å²) in [6, 6.07) is 7.78. The Kier molecular flexibility index (Phi) is 1.58. The Hall–Kier alpha value is -1.37. The molecule has 12 heavy (non-hydrogen) atoms. The Morgan fingerprint density at radius 2 is 2.17 bits per heavy atom. The molecule has 0 heterocycles. The molecule has 0 saturated carbocycles. The van der Waals surface area contributed by atoms with Gasteiger partial charge in [-0.1, -0.05) is 30.3 Å². The molecule has 0 radical (unpaired) electrons. The van der Waals surface area contributed by atoms with Gasteiger partial charge >= 0.3 is 0 Å². The first-order valence-electron chi connectivity index (χ1n) is 4.07. The van der Waals surface area contributed by atoms with Crippen molar-refractivity contribution in [1.82, 2.24) is 0 Å². The zero-order chi connectivity index (χ0) is 8.55. The molecule has 0 bridgehead atoms. The fourth-order valence-electron chi connectivity index (χ4n) is 1.66. The van der Waals surface area contributed by atoms with Crippen molar-refractivity contribution in [2.75, 3.05) is 0 Å². The molecule has 0 aliphatic heterocycles. The molecule has 1 nitrogen and oxygen atoms in total. The Bertz CT molecular complexity index is 339. The second kappa shape index (κ2) is 2.59. The molecule has 0 spiro atoms. The van der Waals surface area contributed by atoms with Gasteiger partial charge < -0.3 is 0 Å². The number of ketones is 1. The maximum atomic E-state index is 11.6. The van der Waals surface area contributed by atoms with E-state index >= 15 is 0 Å². The molecule has 60 valence electrons. The third-order valence-corrected chi connectivity index (χ3v) is 2.34. The third kappa shape index (κ3) is 0.900. The fourth-order valence-corrected chi connectivity index (χ4v) is 1.66. The summed E-state index contributed by atoms with van der Waals surface area (Å²) in [6.45, 7) is 3.66. The molecule has 0 saturated heterocycles. The largest absolute Gasteiger partial charge is 0.293 e. The number of rotatable bonds is 1. The van der Waals surface area contributed by atoms with Crippen molar-refractivity contribution in [3.8, 4) is 0 Å². The van der Waals surface area contributed by atoms with E-state index in [1.165, 1.54) is 0 Å². The van der Waals surface area contributed by atoms with Gasteiger partial charge in [0.15, 0.2) is 5.78 Å². The third-order valence-electron chi connectivity index (χ3n) is 2.34. The van der Waals surface area contributed by atoms with Crippen LogP contribution in [-0.2, 0) is 6.42 Å². The number of hydrogen-bond acceptors (Lipinski definition) is 1. The van der Waals surface area contributed by atoms with Crippen LogP contribution in [0.3, 0.4) is 0 Å². The van der Waals surface area contributed by atoms with Gasteiger partial charge in [-0.25, -0.2) is 0 Å². The van der Waals surface area contributed by atoms with Crippen LogP contribution in [0.1, 0.15) is 15.9 Å². The lowest BCUT2D eigenvalue weighted by atomic mass is 10.1. The smallest absolute Gasteiger partial charge is 0.170 e. The van der Waals surface area contributed by atoms with Gasteiger partial charge in [-0.2, -0.15) is 0 Å². The molecule has 0 amide bonds. The molecule has 1 aliphatic rings. The molecule has 1 aromatic carbocycles.